The maximum atomic E-state index is 13.5. The standard InChI is InChI=1S/C43H73N3O14/c1-30(47)42(6,7)27-37(52)43(8,9)26-35(50)32(25-36(51)41(3,4)5)13-10-11-17-44-38(53)28-60-24-22-58-20-18-45-39(54)29-59-23-21-57-19-12-14-33(49)15-16-34(40(55)56)46-31(2)48/h32,34H,10-29H2,1-9H3,(H,44,53)(H,45,54)(H,46,48)(H,55,56)/t32-,34?/m1/s1. The van der Waals surface area contributed by atoms with E-state index in [4.69, 9.17) is 24.1 Å². The monoisotopic (exact) mass is 856 g/mol. The Morgan fingerprint density at radius 2 is 1.13 bits per heavy atom. The number of unbranched alkanes of at least 4 members (excludes halogenated alkanes) is 1. The van der Waals surface area contributed by atoms with Crippen LogP contribution in [0.4, 0.5) is 0 Å². The summed E-state index contributed by atoms with van der Waals surface area (Å²) in [5.74, 6) is -3.45. The molecule has 0 aromatic rings. The lowest BCUT2D eigenvalue weighted by atomic mass is 9.72. The highest BCUT2D eigenvalue weighted by Crippen LogP contribution is 2.33. The van der Waals surface area contributed by atoms with Gasteiger partial charge in [0.1, 0.15) is 48.2 Å². The highest BCUT2D eigenvalue weighted by molar-refractivity contribution is 5.96. The summed E-state index contributed by atoms with van der Waals surface area (Å²) in [6.07, 6.45) is 2.41. The Morgan fingerprint density at radius 3 is 1.67 bits per heavy atom. The number of hydrogen-bond acceptors (Lipinski definition) is 13. The molecule has 17 nitrogen and oxygen atoms in total. The van der Waals surface area contributed by atoms with Crippen LogP contribution in [0.5, 0.6) is 0 Å². The minimum atomic E-state index is -1.19. The zero-order valence-corrected chi connectivity index (χ0v) is 37.6. The molecular formula is C43H73N3O14. The summed E-state index contributed by atoms with van der Waals surface area (Å²) in [4.78, 5) is 110. The molecule has 0 aliphatic heterocycles. The molecule has 0 aromatic carbocycles. The second-order valence-corrected chi connectivity index (χ2v) is 17.4. The molecule has 0 radical (unpaired) electrons. The van der Waals surface area contributed by atoms with E-state index in [0.29, 0.717) is 38.8 Å². The molecule has 0 heterocycles. The molecule has 0 saturated heterocycles. The normalized spacial score (nSPS) is 12.9. The van der Waals surface area contributed by atoms with Gasteiger partial charge in [-0.25, -0.2) is 4.79 Å². The van der Waals surface area contributed by atoms with Crippen molar-refractivity contribution in [3.05, 3.63) is 0 Å². The number of Topliss-reactive ketones (excluding diaryl/α,β-unsaturated/α-hetero) is 5. The van der Waals surface area contributed by atoms with Gasteiger partial charge in [0.2, 0.25) is 17.7 Å². The Hall–Kier alpha value is -3.93. The highest BCUT2D eigenvalue weighted by atomic mass is 16.5. The summed E-state index contributed by atoms with van der Waals surface area (Å²) in [6, 6.07) is -1.10. The topological polar surface area (TPSA) is 247 Å². The Labute approximate surface area is 355 Å². The van der Waals surface area contributed by atoms with Crippen molar-refractivity contribution in [2.24, 2.45) is 22.2 Å². The van der Waals surface area contributed by atoms with E-state index in [1.54, 1.807) is 27.7 Å². The number of aliphatic carboxylic acids is 1. The van der Waals surface area contributed by atoms with Gasteiger partial charge in [0.15, 0.2) is 0 Å². The van der Waals surface area contributed by atoms with Crippen LogP contribution in [0.2, 0.25) is 0 Å². The molecule has 4 N–H and O–H groups in total. The lowest BCUT2D eigenvalue weighted by molar-refractivity contribution is -0.142. The van der Waals surface area contributed by atoms with Crippen molar-refractivity contribution in [1.29, 1.82) is 0 Å². The fraction of sp³-hybridized carbons (Fsp3) is 0.791. The van der Waals surface area contributed by atoms with Crippen molar-refractivity contribution in [3.8, 4) is 0 Å². The number of hydrogen-bond donors (Lipinski definition) is 4. The molecule has 0 aliphatic carbocycles. The molecule has 0 aliphatic rings. The minimum absolute atomic E-state index is 0.0207. The predicted octanol–water partition coefficient (Wildman–Crippen LogP) is 3.36. The summed E-state index contributed by atoms with van der Waals surface area (Å²) in [5, 5.41) is 16.8. The Kier molecular flexibility index (Phi) is 27.4. The first-order valence-corrected chi connectivity index (χ1v) is 20.8. The molecule has 17 heteroatoms. The van der Waals surface area contributed by atoms with Gasteiger partial charge in [-0.05, 0) is 32.6 Å². The number of amides is 3. The quantitative estimate of drug-likeness (QED) is 0.0661. The van der Waals surface area contributed by atoms with Crippen molar-refractivity contribution in [2.45, 2.75) is 133 Å². The average molecular weight is 856 g/mol. The summed E-state index contributed by atoms with van der Waals surface area (Å²) in [7, 11) is 0. The maximum Gasteiger partial charge on any atom is 0.326 e. The van der Waals surface area contributed by atoms with Crippen LogP contribution in [0.25, 0.3) is 0 Å². The summed E-state index contributed by atoms with van der Waals surface area (Å²) >= 11 is 0. The molecule has 0 bridgehead atoms. The number of ketones is 5. The number of rotatable bonds is 36. The highest BCUT2D eigenvalue weighted by Gasteiger charge is 2.38. The van der Waals surface area contributed by atoms with E-state index in [2.05, 4.69) is 16.0 Å². The third-order valence-corrected chi connectivity index (χ3v) is 9.86. The van der Waals surface area contributed by atoms with Crippen LogP contribution in [0.3, 0.4) is 0 Å². The third kappa shape index (κ3) is 27.0. The molecule has 0 saturated carbocycles. The second-order valence-electron chi connectivity index (χ2n) is 17.4. The van der Waals surface area contributed by atoms with Gasteiger partial charge < -0.3 is 40.0 Å². The SMILES string of the molecule is CC(=O)NC(CCC(=O)CCCOCCOCC(=O)NCCOCCOCC(=O)NCCCC[C@H](CC(=O)C(C)(C)C)C(=O)CC(C)(C)C(=O)CC(C)(C)C(C)=O)C(=O)O. The number of ether oxygens (including phenoxy) is 4. The van der Waals surface area contributed by atoms with E-state index in [9.17, 15) is 43.2 Å². The van der Waals surface area contributed by atoms with Gasteiger partial charge in [-0.15, -0.1) is 0 Å². The average Bonchev–Trinajstić information content (AvgIpc) is 3.13. The largest absolute Gasteiger partial charge is 0.480 e. The van der Waals surface area contributed by atoms with Crippen LogP contribution in [0.1, 0.15) is 127 Å². The van der Waals surface area contributed by atoms with Crippen molar-refractivity contribution in [1.82, 2.24) is 16.0 Å². The summed E-state index contributed by atoms with van der Waals surface area (Å²) in [6.45, 7) is 16.5. The fourth-order valence-electron chi connectivity index (χ4n) is 5.53. The first kappa shape index (κ1) is 56.1. The van der Waals surface area contributed by atoms with Gasteiger partial charge in [-0.1, -0.05) is 54.9 Å². The molecule has 0 fully saturated rings. The van der Waals surface area contributed by atoms with Crippen molar-refractivity contribution >= 4 is 52.6 Å². The van der Waals surface area contributed by atoms with Crippen LogP contribution < -0.4 is 16.0 Å². The molecule has 0 aromatic heterocycles. The third-order valence-electron chi connectivity index (χ3n) is 9.86. The number of nitrogens with one attached hydrogen (secondary N) is 3. The predicted molar refractivity (Wildman–Crippen MR) is 222 cm³/mol. The van der Waals surface area contributed by atoms with E-state index >= 15 is 0 Å². The first-order valence-electron chi connectivity index (χ1n) is 20.8. The van der Waals surface area contributed by atoms with E-state index in [0.717, 1.165) is 0 Å². The van der Waals surface area contributed by atoms with E-state index in [1.807, 2.05) is 20.8 Å². The number of carboxylic acid groups (broad SMARTS) is 1. The molecule has 1 unspecified atom stereocenters. The fourth-order valence-corrected chi connectivity index (χ4v) is 5.53. The molecule has 344 valence electrons. The lowest BCUT2D eigenvalue weighted by Gasteiger charge is -2.29. The van der Waals surface area contributed by atoms with Crippen LogP contribution in [-0.4, -0.2) is 130 Å². The number of carboxylic acids is 1. The van der Waals surface area contributed by atoms with Crippen molar-refractivity contribution in [2.75, 3.05) is 65.9 Å². The van der Waals surface area contributed by atoms with E-state index in [-0.39, 0.29) is 132 Å². The zero-order valence-electron chi connectivity index (χ0n) is 37.6. The molecule has 0 spiro atoms. The summed E-state index contributed by atoms with van der Waals surface area (Å²) in [5.41, 5.74) is -2.42. The number of carbonyl (C=O) groups is 9. The van der Waals surface area contributed by atoms with Crippen LogP contribution in [-0.2, 0) is 62.1 Å². The molecule has 0 rings (SSSR count). The lowest BCUT2D eigenvalue weighted by Crippen LogP contribution is -2.39. The van der Waals surface area contributed by atoms with E-state index < -0.39 is 40.1 Å². The van der Waals surface area contributed by atoms with Crippen LogP contribution >= 0.6 is 0 Å². The maximum absolute atomic E-state index is 13.5. The Balaban J connectivity index is 4.17. The smallest absolute Gasteiger partial charge is 0.326 e. The second kappa shape index (κ2) is 29.3. The number of carbonyl (C=O) groups excluding carboxylic acids is 8. The van der Waals surface area contributed by atoms with Gasteiger partial charge >= 0.3 is 5.97 Å². The first-order chi connectivity index (χ1) is 27.9. The minimum Gasteiger partial charge on any atom is -0.480 e. The molecule has 2 atom stereocenters. The van der Waals surface area contributed by atoms with Gasteiger partial charge in [0, 0.05) is 80.9 Å². The van der Waals surface area contributed by atoms with Crippen molar-refractivity contribution in [3.63, 3.8) is 0 Å². The van der Waals surface area contributed by atoms with Crippen LogP contribution in [0.15, 0.2) is 0 Å². The van der Waals surface area contributed by atoms with Gasteiger partial charge in [0.05, 0.1) is 33.0 Å². The van der Waals surface area contributed by atoms with Gasteiger partial charge in [0.25, 0.3) is 0 Å². The van der Waals surface area contributed by atoms with Crippen LogP contribution in [0, 0.1) is 22.2 Å². The molecular weight excluding hydrogens is 782 g/mol. The molecule has 60 heavy (non-hydrogen) atoms. The zero-order chi connectivity index (χ0) is 45.9. The Morgan fingerprint density at radius 1 is 0.583 bits per heavy atom. The van der Waals surface area contributed by atoms with Gasteiger partial charge in [-0.2, -0.15) is 0 Å². The Bertz CT molecular complexity index is 1420. The summed E-state index contributed by atoms with van der Waals surface area (Å²) < 4.78 is 21.4. The van der Waals surface area contributed by atoms with E-state index in [1.165, 1.54) is 13.8 Å². The molecule has 3 amide bonds. The van der Waals surface area contributed by atoms with Gasteiger partial charge in [-0.3, -0.25) is 38.4 Å². The van der Waals surface area contributed by atoms with Crippen molar-refractivity contribution < 1.29 is 67.2 Å².